The summed E-state index contributed by atoms with van der Waals surface area (Å²) in [6, 6.07) is 8.84. The molecule has 7 heteroatoms. The number of nitrogens with two attached hydrogens (primary N) is 2. The fourth-order valence-corrected chi connectivity index (χ4v) is 2.03. The first kappa shape index (κ1) is 16.5. The number of hydrogen-bond donors (Lipinski definition) is 4. The van der Waals surface area contributed by atoms with Crippen molar-refractivity contribution in [3.63, 3.8) is 0 Å². The summed E-state index contributed by atoms with van der Waals surface area (Å²) in [5.74, 6) is -2.32. The number of benzene rings is 2. The quantitative estimate of drug-likeness (QED) is 0.637. The molecule has 0 unspecified atom stereocenters. The molecule has 0 fully saturated rings. The number of carboxylic acids is 2. The molecule has 0 bridgehead atoms. The fourth-order valence-electron chi connectivity index (χ4n) is 2.03. The van der Waals surface area contributed by atoms with Gasteiger partial charge < -0.3 is 26.4 Å². The molecule has 0 aliphatic carbocycles. The van der Waals surface area contributed by atoms with Crippen LogP contribution in [0.15, 0.2) is 36.4 Å². The van der Waals surface area contributed by atoms with Gasteiger partial charge in [0.2, 0.25) is 0 Å². The van der Waals surface area contributed by atoms with Gasteiger partial charge in [0.15, 0.2) is 0 Å². The summed E-state index contributed by atoms with van der Waals surface area (Å²) in [6.45, 7) is 0.399. The second-order valence-electron chi connectivity index (χ2n) is 4.78. The molecule has 0 amide bonds. The van der Waals surface area contributed by atoms with Crippen LogP contribution in [0.2, 0.25) is 0 Å². The highest BCUT2D eigenvalue weighted by atomic mass is 16.5. The third kappa shape index (κ3) is 3.65. The van der Waals surface area contributed by atoms with Crippen LogP contribution in [-0.4, -0.2) is 22.2 Å². The van der Waals surface area contributed by atoms with Crippen molar-refractivity contribution in [3.05, 3.63) is 58.7 Å². The van der Waals surface area contributed by atoms with E-state index in [4.69, 9.17) is 16.2 Å². The van der Waals surface area contributed by atoms with Crippen LogP contribution in [0.3, 0.4) is 0 Å². The van der Waals surface area contributed by atoms with Crippen LogP contribution >= 0.6 is 0 Å². The Kier molecular flexibility index (Phi) is 4.95. The second-order valence-corrected chi connectivity index (χ2v) is 4.78. The van der Waals surface area contributed by atoms with E-state index in [1.165, 1.54) is 24.3 Å². The van der Waals surface area contributed by atoms with E-state index in [1.807, 2.05) is 0 Å². The zero-order valence-electron chi connectivity index (χ0n) is 12.2. The first-order valence-corrected chi connectivity index (χ1v) is 6.76. The molecule has 2 rings (SSSR count). The van der Waals surface area contributed by atoms with E-state index < -0.39 is 11.9 Å². The number of carbonyl (C=O) groups is 2. The molecule has 0 saturated carbocycles. The minimum atomic E-state index is -1.18. The van der Waals surface area contributed by atoms with Gasteiger partial charge in [-0.3, -0.25) is 0 Å². The molecule has 23 heavy (non-hydrogen) atoms. The SMILES string of the molecule is NCc1ccc(C(=O)O)c(Oc2cc(CN)ccc2C(=O)O)c1. The van der Waals surface area contributed by atoms with E-state index in [2.05, 4.69) is 0 Å². The Morgan fingerprint density at radius 3 is 1.52 bits per heavy atom. The molecule has 2 aromatic carbocycles. The van der Waals surface area contributed by atoms with Crippen LogP contribution in [0.25, 0.3) is 0 Å². The Hall–Kier alpha value is -2.90. The van der Waals surface area contributed by atoms with Crippen molar-refractivity contribution < 1.29 is 24.5 Å². The summed E-state index contributed by atoms with van der Waals surface area (Å²) in [5.41, 5.74) is 12.3. The van der Waals surface area contributed by atoms with Gasteiger partial charge in [-0.2, -0.15) is 0 Å². The maximum atomic E-state index is 11.3. The maximum Gasteiger partial charge on any atom is 0.339 e. The molecular formula is C16H16N2O5. The van der Waals surface area contributed by atoms with Crippen LogP contribution in [0, 0.1) is 0 Å². The van der Waals surface area contributed by atoms with Gasteiger partial charge in [-0.05, 0) is 35.4 Å². The lowest BCUT2D eigenvalue weighted by molar-refractivity contribution is 0.0687. The Bertz CT molecular complexity index is 695. The number of ether oxygens (including phenoxy) is 1. The zero-order chi connectivity index (χ0) is 17.0. The summed E-state index contributed by atoms with van der Waals surface area (Å²) < 4.78 is 5.58. The standard InChI is InChI=1S/C16H16N2O5/c17-7-9-1-3-11(15(19)20)13(5-9)23-14-6-10(8-18)2-4-12(14)16(21)22/h1-6H,7-8,17-18H2,(H,19,20)(H,21,22). The highest BCUT2D eigenvalue weighted by Crippen LogP contribution is 2.30. The highest BCUT2D eigenvalue weighted by Gasteiger charge is 2.17. The lowest BCUT2D eigenvalue weighted by Crippen LogP contribution is -2.06. The van der Waals surface area contributed by atoms with Crippen molar-refractivity contribution in [2.24, 2.45) is 11.5 Å². The van der Waals surface area contributed by atoms with Crippen molar-refractivity contribution in [1.29, 1.82) is 0 Å². The van der Waals surface area contributed by atoms with E-state index in [0.717, 1.165) is 0 Å². The molecule has 0 aromatic heterocycles. The third-order valence-electron chi connectivity index (χ3n) is 3.24. The molecule has 0 spiro atoms. The van der Waals surface area contributed by atoms with Crippen LogP contribution in [0.5, 0.6) is 11.5 Å². The Balaban J connectivity index is 2.53. The first-order valence-electron chi connectivity index (χ1n) is 6.76. The van der Waals surface area contributed by atoms with Crippen molar-refractivity contribution in [2.75, 3.05) is 0 Å². The third-order valence-corrected chi connectivity index (χ3v) is 3.24. The van der Waals surface area contributed by atoms with Crippen molar-refractivity contribution in [2.45, 2.75) is 13.1 Å². The number of rotatable bonds is 6. The normalized spacial score (nSPS) is 10.3. The minimum Gasteiger partial charge on any atom is -0.478 e. The summed E-state index contributed by atoms with van der Waals surface area (Å²) >= 11 is 0. The molecule has 120 valence electrons. The minimum absolute atomic E-state index is 0.0251. The van der Waals surface area contributed by atoms with Crippen molar-refractivity contribution >= 4 is 11.9 Å². The van der Waals surface area contributed by atoms with Gasteiger partial charge in [0.1, 0.15) is 22.6 Å². The molecular weight excluding hydrogens is 300 g/mol. The molecule has 6 N–H and O–H groups in total. The van der Waals surface area contributed by atoms with Gasteiger partial charge in [-0.1, -0.05) is 12.1 Å². The zero-order valence-corrected chi connectivity index (χ0v) is 12.2. The Labute approximate surface area is 132 Å². The van der Waals surface area contributed by atoms with Gasteiger partial charge in [-0.25, -0.2) is 9.59 Å². The molecule has 0 aliphatic heterocycles. The summed E-state index contributed by atoms with van der Waals surface area (Å²) in [4.78, 5) is 22.6. The van der Waals surface area contributed by atoms with Crippen molar-refractivity contribution in [1.82, 2.24) is 0 Å². The van der Waals surface area contributed by atoms with Gasteiger partial charge in [0.25, 0.3) is 0 Å². The van der Waals surface area contributed by atoms with Gasteiger partial charge in [-0.15, -0.1) is 0 Å². The average molecular weight is 316 g/mol. The lowest BCUT2D eigenvalue weighted by atomic mass is 10.1. The monoisotopic (exact) mass is 316 g/mol. The Morgan fingerprint density at radius 2 is 1.22 bits per heavy atom. The first-order chi connectivity index (χ1) is 11.0. The summed E-state index contributed by atoms with van der Waals surface area (Å²) in [5, 5.41) is 18.5. The number of aromatic carboxylic acids is 2. The van der Waals surface area contributed by atoms with E-state index in [1.54, 1.807) is 12.1 Å². The molecule has 2 aromatic rings. The summed E-state index contributed by atoms with van der Waals surface area (Å²) in [6.07, 6.45) is 0. The van der Waals surface area contributed by atoms with Crippen LogP contribution in [-0.2, 0) is 13.1 Å². The topological polar surface area (TPSA) is 136 Å². The summed E-state index contributed by atoms with van der Waals surface area (Å²) in [7, 11) is 0. The second kappa shape index (κ2) is 6.91. The van der Waals surface area contributed by atoms with E-state index in [-0.39, 0.29) is 35.7 Å². The van der Waals surface area contributed by atoms with Gasteiger partial charge in [0, 0.05) is 13.1 Å². The highest BCUT2D eigenvalue weighted by molar-refractivity contribution is 5.93. The molecule has 0 radical (unpaired) electrons. The lowest BCUT2D eigenvalue weighted by Gasteiger charge is -2.13. The van der Waals surface area contributed by atoms with Gasteiger partial charge in [0.05, 0.1) is 0 Å². The molecule has 0 aliphatic rings. The van der Waals surface area contributed by atoms with E-state index >= 15 is 0 Å². The van der Waals surface area contributed by atoms with Crippen LogP contribution < -0.4 is 16.2 Å². The predicted octanol–water partition coefficient (Wildman–Crippen LogP) is 1.79. The van der Waals surface area contributed by atoms with Crippen molar-refractivity contribution in [3.8, 4) is 11.5 Å². The fraction of sp³-hybridized carbons (Fsp3) is 0.125. The molecule has 7 nitrogen and oxygen atoms in total. The van der Waals surface area contributed by atoms with Crippen LogP contribution in [0.4, 0.5) is 0 Å². The van der Waals surface area contributed by atoms with E-state index in [9.17, 15) is 19.8 Å². The number of hydrogen-bond acceptors (Lipinski definition) is 5. The smallest absolute Gasteiger partial charge is 0.339 e. The molecule has 0 atom stereocenters. The largest absolute Gasteiger partial charge is 0.478 e. The predicted molar refractivity (Wildman–Crippen MR) is 82.7 cm³/mol. The number of carboxylic acid groups (broad SMARTS) is 2. The average Bonchev–Trinajstić information content (AvgIpc) is 2.54. The van der Waals surface area contributed by atoms with Gasteiger partial charge >= 0.3 is 11.9 Å². The maximum absolute atomic E-state index is 11.3. The van der Waals surface area contributed by atoms with Crippen LogP contribution in [0.1, 0.15) is 31.8 Å². The molecule has 0 heterocycles. The van der Waals surface area contributed by atoms with E-state index in [0.29, 0.717) is 11.1 Å². The molecule has 0 saturated heterocycles. The Morgan fingerprint density at radius 1 is 0.826 bits per heavy atom.